The highest BCUT2D eigenvalue weighted by Gasteiger charge is 2.49. The van der Waals surface area contributed by atoms with Crippen LogP contribution >= 0.6 is 34.4 Å². The minimum absolute atomic E-state index is 0.0421. The van der Waals surface area contributed by atoms with E-state index in [2.05, 4.69) is 387 Å². The topological polar surface area (TPSA) is 17.9 Å². The zero-order valence-electron chi connectivity index (χ0n) is 65.0. The van der Waals surface area contributed by atoms with Crippen molar-refractivity contribution in [3.63, 3.8) is 0 Å². The highest BCUT2D eigenvalue weighted by Crippen LogP contribution is 2.54. The molecule has 0 bridgehead atoms. The molecule has 0 unspecified atom stereocenters. The quantitative estimate of drug-likeness (QED) is 0.127. The molecule has 0 radical (unpaired) electrons. The molecule has 0 N–H and O–H groups in total. The summed E-state index contributed by atoms with van der Waals surface area (Å²) in [7, 11) is 0. The Morgan fingerprint density at radius 1 is 0.375 bits per heavy atom. The van der Waals surface area contributed by atoms with E-state index in [-0.39, 0.29) is 29.7 Å². The Hall–Kier alpha value is -10.7. The smallest absolute Gasteiger partial charge is 0.264 e. The van der Waals surface area contributed by atoms with Gasteiger partial charge in [0.25, 0.3) is 13.4 Å². The number of benzene rings is 13. The first-order valence-corrected chi connectivity index (χ1v) is 43.0. The van der Waals surface area contributed by atoms with Crippen LogP contribution in [0.4, 0.5) is 68.2 Å². The molecule has 16 aromatic rings. The molecule has 4 aliphatic heterocycles. The maximum atomic E-state index is 2.75. The summed E-state index contributed by atoms with van der Waals surface area (Å²) in [6, 6.07) is 105. The van der Waals surface area contributed by atoms with Crippen molar-refractivity contribution in [2.75, 3.05) is 19.6 Å². The number of thiophene rings is 2. The lowest BCUT2D eigenvalue weighted by Gasteiger charge is -2.44. The van der Waals surface area contributed by atoms with Crippen molar-refractivity contribution in [1.82, 2.24) is 4.57 Å². The lowest BCUT2D eigenvalue weighted by molar-refractivity contribution is 0.522. The van der Waals surface area contributed by atoms with Gasteiger partial charge in [-0.3, -0.25) is 0 Å². The summed E-state index contributed by atoms with van der Waals surface area (Å²) in [5.41, 5.74) is 32.0. The van der Waals surface area contributed by atoms with Gasteiger partial charge in [0.15, 0.2) is 0 Å². The van der Waals surface area contributed by atoms with E-state index in [1.807, 2.05) is 0 Å². The van der Waals surface area contributed by atoms with Gasteiger partial charge in [-0.1, -0.05) is 231 Å². The van der Waals surface area contributed by atoms with E-state index in [0.717, 1.165) is 42.0 Å². The van der Waals surface area contributed by atoms with Crippen molar-refractivity contribution in [3.8, 4) is 5.69 Å². The molecule has 5 nitrogen and oxygen atoms in total. The Bertz CT molecular complexity index is 6520. The molecule has 544 valence electrons. The third kappa shape index (κ3) is 10.6. The molecule has 13 aromatic carbocycles. The number of aromatic nitrogens is 1. The average molecular weight is 1500 g/mol. The highest BCUT2D eigenvalue weighted by atomic mass is 32.2. The van der Waals surface area contributed by atoms with E-state index in [0.29, 0.717) is 0 Å². The number of rotatable bonds is 10. The van der Waals surface area contributed by atoms with Crippen molar-refractivity contribution in [2.24, 2.45) is 0 Å². The maximum absolute atomic E-state index is 2.75. The Labute approximate surface area is 671 Å². The molecule has 22 rings (SSSR count). The van der Waals surface area contributed by atoms with Crippen LogP contribution in [0, 0.1) is 0 Å². The van der Waals surface area contributed by atoms with Gasteiger partial charge in [-0.15, -0.1) is 0 Å². The third-order valence-electron chi connectivity index (χ3n) is 25.5. The van der Waals surface area contributed by atoms with E-state index in [1.165, 1.54) is 197 Å². The monoisotopic (exact) mass is 1500 g/mol. The minimum Gasteiger partial charge on any atom is -0.311 e. The summed E-state index contributed by atoms with van der Waals surface area (Å²) in [5.74, 6) is 0. The summed E-state index contributed by atoms with van der Waals surface area (Å²) >= 11 is 6.28. The largest absolute Gasteiger partial charge is 0.311 e. The van der Waals surface area contributed by atoms with E-state index < -0.39 is 0 Å². The summed E-state index contributed by atoms with van der Waals surface area (Å²) in [6.07, 6.45) is 10.4. The molecule has 10 heteroatoms. The first-order valence-electron chi connectivity index (χ1n) is 40.6. The van der Waals surface area contributed by atoms with Crippen LogP contribution in [0.2, 0.25) is 0 Å². The van der Waals surface area contributed by atoms with Gasteiger partial charge < -0.3 is 24.2 Å². The number of hydrogen-bond donors (Lipinski definition) is 0. The molecule has 2 aliphatic carbocycles. The summed E-state index contributed by atoms with van der Waals surface area (Å²) in [6.45, 7) is 19.4. The van der Waals surface area contributed by atoms with Crippen LogP contribution in [-0.2, 0) is 48.3 Å². The normalized spacial score (nSPS) is 14.8. The van der Waals surface area contributed by atoms with E-state index >= 15 is 0 Å². The zero-order chi connectivity index (χ0) is 75.2. The predicted molar refractivity (Wildman–Crippen MR) is 484 cm³/mol. The van der Waals surface area contributed by atoms with Gasteiger partial charge >= 0.3 is 0 Å². The first-order chi connectivity index (χ1) is 54.6. The van der Waals surface area contributed by atoms with Gasteiger partial charge in [0.1, 0.15) is 0 Å². The van der Waals surface area contributed by atoms with Crippen LogP contribution in [0.25, 0.3) is 49.0 Å². The number of hydrogen-bond acceptors (Lipinski definition) is 7. The molecule has 6 aliphatic rings. The highest BCUT2D eigenvalue weighted by molar-refractivity contribution is 8.00. The van der Waals surface area contributed by atoms with Gasteiger partial charge in [0, 0.05) is 103 Å². The van der Waals surface area contributed by atoms with Crippen molar-refractivity contribution >= 4 is 191 Å². The number of aryl methyl sites for hydroxylation is 2. The molecule has 0 spiro atoms. The zero-order valence-corrected chi connectivity index (χ0v) is 67.4. The van der Waals surface area contributed by atoms with Gasteiger partial charge in [0.05, 0.1) is 28.1 Å². The van der Waals surface area contributed by atoms with Crippen LogP contribution in [0.3, 0.4) is 0 Å². The van der Waals surface area contributed by atoms with Crippen LogP contribution in [0.1, 0.15) is 124 Å². The lowest BCUT2D eigenvalue weighted by atomic mass is 9.36. The standard InChI is InChI=1S/C102H87B2N5S3/c1-100(2,3)67-56-88-94-89(57-67)108(96-78-39-18-22-45-91(78)111-98(96)103(94)80-54-52-73(61-86(80)106(88)69-32-10-9-11-33-69)107-84-41-20-16-37-76(84)77-38-17-21-42-85(77)107)71-34-24-27-63(55-71)62-102(7,8)66-47-49-70(50-48-66)105(82-43-25-30-64-28-12-14-35-74(64)82)72-51-53-81-87(60-72)109(83-44-26-31-65-29-13-15-36-75(65)83)90-58-68(101(4,5)6)59-93-95(90)104(81)99-97(110-93)79-40-19-23-46-92(79)112-99/h9-17,20-21,24-38,41-44,47-61H,18-19,22-23,39-40,45-46,62H2,1-8H3. The maximum Gasteiger partial charge on any atom is 0.264 e. The second-order valence-electron chi connectivity index (χ2n) is 34.9. The SMILES string of the molecule is CC(C)(C)c1cc2c3c(c1)N(c1cccc4ccccc14)c1cc(N(c4ccc(C(C)(C)Cc5cccc(N6c7cc(C(C)(C)C)cc8c7B(c7ccc(-n9c%10ccccc%10c%10ccccc%109)cc7N8c7ccccc7)c7sc8c(c76)CCCC8)c5)cc4)c4cccc5ccccc45)ccc1B3c1sc3c(c1S2)CCCC3. The fraction of sp³-hybridized carbons (Fsp3) is 0.196. The fourth-order valence-corrected chi connectivity index (χ4v) is 24.6. The van der Waals surface area contributed by atoms with Crippen molar-refractivity contribution in [2.45, 2.75) is 139 Å². The Balaban J connectivity index is 0.666. The molecule has 7 heterocycles. The molecule has 0 atom stereocenters. The summed E-state index contributed by atoms with van der Waals surface area (Å²) in [5, 5.41) is 7.47. The second-order valence-corrected chi connectivity index (χ2v) is 38.3. The molecule has 0 fully saturated rings. The van der Waals surface area contributed by atoms with Gasteiger partial charge in [-0.25, -0.2) is 0 Å². The van der Waals surface area contributed by atoms with Gasteiger partial charge in [-0.2, -0.15) is 22.7 Å². The number of anilines is 12. The molecule has 0 saturated carbocycles. The Morgan fingerprint density at radius 2 is 0.920 bits per heavy atom. The van der Waals surface area contributed by atoms with Crippen molar-refractivity contribution < 1.29 is 0 Å². The van der Waals surface area contributed by atoms with Crippen LogP contribution in [-0.4, -0.2) is 18.0 Å². The van der Waals surface area contributed by atoms with Gasteiger partial charge in [0.2, 0.25) is 0 Å². The van der Waals surface area contributed by atoms with Crippen molar-refractivity contribution in [3.05, 3.63) is 316 Å². The molecule has 0 saturated heterocycles. The molecule has 112 heavy (non-hydrogen) atoms. The molecule has 3 aromatic heterocycles. The fourth-order valence-electron chi connectivity index (χ4n) is 20.1. The van der Waals surface area contributed by atoms with Crippen molar-refractivity contribution in [1.29, 1.82) is 0 Å². The van der Waals surface area contributed by atoms with Crippen LogP contribution < -0.4 is 51.0 Å². The minimum atomic E-state index is -0.245. The Kier molecular flexibility index (Phi) is 15.6. The van der Waals surface area contributed by atoms with E-state index in [9.17, 15) is 0 Å². The number of nitrogens with zero attached hydrogens (tertiary/aromatic N) is 5. The van der Waals surface area contributed by atoms with Crippen LogP contribution in [0.15, 0.2) is 283 Å². The van der Waals surface area contributed by atoms with Crippen LogP contribution in [0.5, 0.6) is 0 Å². The number of fused-ring (bicyclic) bond motifs is 17. The molecular weight excluding hydrogens is 1410 g/mol. The summed E-state index contributed by atoms with van der Waals surface area (Å²) < 4.78 is 5.50. The van der Waals surface area contributed by atoms with E-state index in [1.54, 1.807) is 20.9 Å². The molecular formula is C102H87B2N5S3. The third-order valence-corrected chi connectivity index (χ3v) is 29.6. The Morgan fingerprint density at radius 3 is 1.64 bits per heavy atom. The second kappa shape index (κ2) is 25.6. The van der Waals surface area contributed by atoms with E-state index in [4.69, 9.17) is 0 Å². The first kappa shape index (κ1) is 68.1. The molecule has 0 amide bonds. The number of para-hydroxylation sites is 3. The van der Waals surface area contributed by atoms with Gasteiger partial charge in [-0.05, 0) is 254 Å². The summed E-state index contributed by atoms with van der Waals surface area (Å²) in [4.78, 5) is 16.7. The average Bonchev–Trinajstić information content (AvgIpc) is 1.25. The predicted octanol–water partition coefficient (Wildman–Crippen LogP) is 24.4. The lowest BCUT2D eigenvalue weighted by Crippen LogP contribution is -2.60.